The molecule has 6 nitrogen and oxygen atoms in total. The number of piperidine rings is 1. The fraction of sp³-hybridized carbons (Fsp3) is 0.250. The summed E-state index contributed by atoms with van der Waals surface area (Å²) in [5.74, 6) is -0.783. The van der Waals surface area contributed by atoms with E-state index in [2.05, 4.69) is 5.10 Å². The molecule has 1 aliphatic heterocycles. The fourth-order valence-electron chi connectivity index (χ4n) is 4.14. The summed E-state index contributed by atoms with van der Waals surface area (Å²) in [7, 11) is 0. The van der Waals surface area contributed by atoms with E-state index in [4.69, 9.17) is 4.98 Å². The molecule has 2 aromatic carbocycles. The van der Waals surface area contributed by atoms with Gasteiger partial charge in [0.05, 0.1) is 15.2 Å². The molecule has 0 N–H and O–H groups in total. The normalized spacial score (nSPS) is 16.4. The molecule has 0 saturated carbocycles. The summed E-state index contributed by atoms with van der Waals surface area (Å²) in [4.78, 5) is 32.3. The van der Waals surface area contributed by atoms with Crippen LogP contribution in [0.3, 0.4) is 0 Å². The van der Waals surface area contributed by atoms with Crippen molar-refractivity contribution in [1.29, 1.82) is 0 Å². The molecule has 32 heavy (non-hydrogen) atoms. The third kappa shape index (κ3) is 3.71. The molecule has 162 valence electrons. The van der Waals surface area contributed by atoms with Crippen LogP contribution in [0.4, 0.5) is 4.39 Å². The van der Waals surface area contributed by atoms with Gasteiger partial charge >= 0.3 is 0 Å². The number of aromatic nitrogens is 3. The first-order valence-electron chi connectivity index (χ1n) is 10.5. The van der Waals surface area contributed by atoms with E-state index in [1.54, 1.807) is 41.4 Å². The van der Waals surface area contributed by atoms with Gasteiger partial charge in [0.2, 0.25) is 5.43 Å². The third-order valence-electron chi connectivity index (χ3n) is 5.76. The van der Waals surface area contributed by atoms with Crippen molar-refractivity contribution in [2.75, 3.05) is 13.1 Å². The third-order valence-corrected chi connectivity index (χ3v) is 6.96. The molecular weight excluding hydrogens is 427 g/mol. The molecule has 1 aliphatic rings. The second-order valence-electron chi connectivity index (χ2n) is 7.97. The summed E-state index contributed by atoms with van der Waals surface area (Å²) in [6.07, 6.45) is 1.75. The number of carbonyl (C=O) groups is 1. The average molecular weight is 449 g/mol. The maximum Gasteiger partial charge on any atom is 0.278 e. The molecule has 0 radical (unpaired) electrons. The Morgan fingerprint density at radius 3 is 2.75 bits per heavy atom. The van der Waals surface area contributed by atoms with Gasteiger partial charge in [-0.3, -0.25) is 9.59 Å². The maximum absolute atomic E-state index is 14.3. The molecule has 2 aromatic heterocycles. The standard InChI is InChI=1S/C24H21FN4O2S/c1-15-13-20(30)22(27-29(15)19-10-4-2-8-17(19)25)24(31)28-12-6-7-16(14-28)23-26-18-9-3-5-11-21(18)32-23/h2-5,8-11,13,16H,6-7,12,14H2,1H3/t16-/m0/s1. The van der Waals surface area contributed by atoms with Gasteiger partial charge in [0, 0.05) is 30.8 Å². The van der Waals surface area contributed by atoms with E-state index in [0.717, 1.165) is 28.1 Å². The maximum atomic E-state index is 14.3. The second kappa shape index (κ2) is 8.27. The van der Waals surface area contributed by atoms with Crippen LogP contribution < -0.4 is 5.43 Å². The molecule has 1 amide bonds. The quantitative estimate of drug-likeness (QED) is 0.468. The number of carbonyl (C=O) groups excluding carboxylic acids is 1. The predicted octanol–water partition coefficient (Wildman–Crippen LogP) is 4.31. The smallest absolute Gasteiger partial charge is 0.278 e. The summed E-state index contributed by atoms with van der Waals surface area (Å²) < 4.78 is 16.8. The molecular formula is C24H21FN4O2S. The molecule has 0 spiro atoms. The van der Waals surface area contributed by atoms with Crippen LogP contribution in [0, 0.1) is 12.7 Å². The zero-order chi connectivity index (χ0) is 22.2. The van der Waals surface area contributed by atoms with Crippen LogP contribution >= 0.6 is 11.3 Å². The number of hydrogen-bond donors (Lipinski definition) is 0. The lowest BCUT2D eigenvalue weighted by Gasteiger charge is -2.31. The first-order chi connectivity index (χ1) is 15.5. The van der Waals surface area contributed by atoms with Gasteiger partial charge in [0.1, 0.15) is 11.5 Å². The van der Waals surface area contributed by atoms with Crippen molar-refractivity contribution in [2.45, 2.75) is 25.7 Å². The molecule has 0 aliphatic carbocycles. The number of amides is 1. The van der Waals surface area contributed by atoms with Crippen LogP contribution in [-0.4, -0.2) is 38.7 Å². The number of rotatable bonds is 3. The highest BCUT2D eigenvalue weighted by atomic mass is 32.1. The lowest BCUT2D eigenvalue weighted by molar-refractivity contribution is 0.0697. The number of aryl methyl sites for hydroxylation is 1. The minimum Gasteiger partial charge on any atom is -0.336 e. The lowest BCUT2D eigenvalue weighted by atomic mass is 9.98. The van der Waals surface area contributed by atoms with Crippen molar-refractivity contribution >= 4 is 27.5 Å². The number of para-hydroxylation sites is 2. The van der Waals surface area contributed by atoms with E-state index < -0.39 is 17.2 Å². The van der Waals surface area contributed by atoms with Crippen molar-refractivity contribution in [3.05, 3.63) is 87.0 Å². The Labute approximate surface area is 188 Å². The van der Waals surface area contributed by atoms with Crippen LogP contribution in [0.5, 0.6) is 0 Å². The van der Waals surface area contributed by atoms with Gasteiger partial charge in [-0.1, -0.05) is 24.3 Å². The van der Waals surface area contributed by atoms with E-state index in [1.807, 2.05) is 24.3 Å². The van der Waals surface area contributed by atoms with Crippen molar-refractivity contribution in [1.82, 2.24) is 19.7 Å². The van der Waals surface area contributed by atoms with E-state index in [-0.39, 0.29) is 17.3 Å². The summed E-state index contributed by atoms with van der Waals surface area (Å²) in [5.41, 5.74) is 0.975. The van der Waals surface area contributed by atoms with Gasteiger partial charge in [0.15, 0.2) is 5.69 Å². The van der Waals surface area contributed by atoms with Gasteiger partial charge in [-0.2, -0.15) is 5.10 Å². The molecule has 0 unspecified atom stereocenters. The Balaban J connectivity index is 1.45. The Morgan fingerprint density at radius 2 is 1.94 bits per heavy atom. The number of hydrogen-bond acceptors (Lipinski definition) is 5. The number of fused-ring (bicyclic) bond motifs is 1. The molecule has 4 aromatic rings. The predicted molar refractivity (Wildman–Crippen MR) is 122 cm³/mol. The average Bonchev–Trinajstić information content (AvgIpc) is 3.24. The summed E-state index contributed by atoms with van der Waals surface area (Å²) in [6, 6.07) is 15.5. The Hall–Kier alpha value is -3.39. The monoisotopic (exact) mass is 448 g/mol. The SMILES string of the molecule is Cc1cc(=O)c(C(=O)N2CCC[C@H](c3nc4ccccc4s3)C2)nn1-c1ccccc1F. The van der Waals surface area contributed by atoms with Crippen LogP contribution in [0.15, 0.2) is 59.4 Å². The first-order valence-corrected chi connectivity index (χ1v) is 11.3. The van der Waals surface area contributed by atoms with Gasteiger partial charge in [-0.05, 0) is 44.0 Å². The van der Waals surface area contributed by atoms with E-state index >= 15 is 0 Å². The Morgan fingerprint density at radius 1 is 1.16 bits per heavy atom. The number of halogens is 1. The van der Waals surface area contributed by atoms with Crippen molar-refractivity contribution in [2.24, 2.45) is 0 Å². The lowest BCUT2D eigenvalue weighted by Crippen LogP contribution is -2.42. The highest BCUT2D eigenvalue weighted by molar-refractivity contribution is 7.18. The highest BCUT2D eigenvalue weighted by Crippen LogP contribution is 2.33. The topological polar surface area (TPSA) is 68.1 Å². The number of nitrogens with zero attached hydrogens (tertiary/aromatic N) is 4. The zero-order valence-electron chi connectivity index (χ0n) is 17.5. The first kappa shape index (κ1) is 20.5. The summed E-state index contributed by atoms with van der Waals surface area (Å²) in [5, 5.41) is 5.27. The molecule has 1 atom stereocenters. The molecule has 1 saturated heterocycles. The van der Waals surface area contributed by atoms with Gasteiger partial charge < -0.3 is 4.90 Å². The summed E-state index contributed by atoms with van der Waals surface area (Å²) >= 11 is 1.65. The second-order valence-corrected chi connectivity index (χ2v) is 9.03. The molecule has 3 heterocycles. The Kier molecular flexibility index (Phi) is 5.30. The molecule has 8 heteroatoms. The number of thiazole rings is 1. The molecule has 1 fully saturated rings. The van der Waals surface area contributed by atoms with Crippen LogP contribution in [-0.2, 0) is 0 Å². The van der Waals surface area contributed by atoms with Crippen molar-refractivity contribution < 1.29 is 9.18 Å². The van der Waals surface area contributed by atoms with Gasteiger partial charge in [-0.25, -0.2) is 14.1 Å². The molecule has 5 rings (SSSR count). The minimum atomic E-state index is -0.473. The Bertz CT molecular complexity index is 1350. The van der Waals surface area contributed by atoms with E-state index in [1.165, 1.54) is 16.8 Å². The van der Waals surface area contributed by atoms with Crippen LogP contribution in [0.25, 0.3) is 15.9 Å². The van der Waals surface area contributed by atoms with Gasteiger partial charge in [-0.15, -0.1) is 11.3 Å². The van der Waals surface area contributed by atoms with Crippen molar-refractivity contribution in [3.63, 3.8) is 0 Å². The van der Waals surface area contributed by atoms with Crippen molar-refractivity contribution in [3.8, 4) is 5.69 Å². The highest BCUT2D eigenvalue weighted by Gasteiger charge is 2.30. The van der Waals surface area contributed by atoms with Crippen LogP contribution in [0.1, 0.15) is 39.9 Å². The summed E-state index contributed by atoms with van der Waals surface area (Å²) in [6.45, 7) is 2.70. The van der Waals surface area contributed by atoms with E-state index in [9.17, 15) is 14.0 Å². The van der Waals surface area contributed by atoms with Gasteiger partial charge in [0.25, 0.3) is 5.91 Å². The fourth-order valence-corrected chi connectivity index (χ4v) is 5.23. The zero-order valence-corrected chi connectivity index (χ0v) is 18.3. The minimum absolute atomic E-state index is 0.115. The van der Waals surface area contributed by atoms with E-state index in [0.29, 0.717) is 18.8 Å². The number of likely N-dealkylation sites (tertiary alicyclic amines) is 1. The molecule has 0 bridgehead atoms. The number of benzene rings is 2. The largest absolute Gasteiger partial charge is 0.336 e. The van der Waals surface area contributed by atoms with Crippen LogP contribution in [0.2, 0.25) is 0 Å².